The fourth-order valence-electron chi connectivity index (χ4n) is 3.50. The molecule has 0 unspecified atom stereocenters. The smallest absolute Gasteiger partial charge is 0.177 e. The van der Waals surface area contributed by atoms with E-state index < -0.39 is 0 Å². The summed E-state index contributed by atoms with van der Waals surface area (Å²) in [5.41, 5.74) is 2.92. The van der Waals surface area contributed by atoms with Crippen LogP contribution < -0.4 is 0 Å². The van der Waals surface area contributed by atoms with Crippen LogP contribution in [0.5, 0.6) is 0 Å². The lowest BCUT2D eigenvalue weighted by Crippen LogP contribution is -2.33. The summed E-state index contributed by atoms with van der Waals surface area (Å²) in [5.74, 6) is 2.06. The number of rotatable bonds is 4. The molecule has 3 aromatic heterocycles. The van der Waals surface area contributed by atoms with Crippen molar-refractivity contribution in [3.05, 3.63) is 35.5 Å². The van der Waals surface area contributed by atoms with Gasteiger partial charge in [0.25, 0.3) is 0 Å². The highest BCUT2D eigenvalue weighted by molar-refractivity contribution is 5.38. The first-order chi connectivity index (χ1) is 11.9. The molecule has 8 heteroatoms. The lowest BCUT2D eigenvalue weighted by atomic mass is 9.96. The summed E-state index contributed by atoms with van der Waals surface area (Å²) >= 11 is 0. The topological polar surface area (TPSA) is 85.2 Å². The minimum Gasteiger partial charge on any atom is -0.297 e. The molecule has 2 aliphatic rings. The third-order valence-electron chi connectivity index (χ3n) is 5.05. The molecule has 0 bridgehead atoms. The summed E-state index contributed by atoms with van der Waals surface area (Å²) in [6, 6.07) is 4.14. The average molecular weight is 325 g/mol. The van der Waals surface area contributed by atoms with Crippen molar-refractivity contribution in [2.75, 3.05) is 13.1 Å². The second kappa shape index (κ2) is 5.62. The highest BCUT2D eigenvalue weighted by atomic mass is 16.6. The SMILES string of the molecule is c1nonc1CN1CCC(c2nnc3ccc(C4CC4)nn23)CC1. The molecule has 1 aliphatic carbocycles. The van der Waals surface area contributed by atoms with Crippen molar-refractivity contribution in [1.82, 2.24) is 35.0 Å². The van der Waals surface area contributed by atoms with Gasteiger partial charge in [-0.1, -0.05) is 10.3 Å². The summed E-state index contributed by atoms with van der Waals surface area (Å²) in [6.45, 7) is 2.81. The molecule has 0 atom stereocenters. The van der Waals surface area contributed by atoms with E-state index in [1.54, 1.807) is 6.20 Å². The first-order valence-electron chi connectivity index (χ1n) is 8.58. The number of likely N-dealkylation sites (tertiary alicyclic amines) is 1. The van der Waals surface area contributed by atoms with Gasteiger partial charge in [-0.05, 0) is 50.9 Å². The molecule has 0 radical (unpaired) electrons. The maximum absolute atomic E-state index is 4.80. The van der Waals surface area contributed by atoms with Crippen LogP contribution in [0.4, 0.5) is 0 Å². The molecular weight excluding hydrogens is 306 g/mol. The van der Waals surface area contributed by atoms with Crippen molar-refractivity contribution in [2.45, 2.75) is 44.1 Å². The molecule has 124 valence electrons. The van der Waals surface area contributed by atoms with E-state index >= 15 is 0 Å². The van der Waals surface area contributed by atoms with Gasteiger partial charge in [-0.15, -0.1) is 10.2 Å². The number of hydrogen-bond acceptors (Lipinski definition) is 7. The molecule has 1 aliphatic heterocycles. The van der Waals surface area contributed by atoms with Crippen molar-refractivity contribution in [1.29, 1.82) is 0 Å². The van der Waals surface area contributed by atoms with Gasteiger partial charge in [-0.3, -0.25) is 4.90 Å². The summed E-state index contributed by atoms with van der Waals surface area (Å²) in [6.07, 6.45) is 6.31. The van der Waals surface area contributed by atoms with Crippen LogP contribution in [0.25, 0.3) is 5.65 Å². The van der Waals surface area contributed by atoms with Gasteiger partial charge in [-0.2, -0.15) is 9.61 Å². The lowest BCUT2D eigenvalue weighted by Gasteiger charge is -2.30. The zero-order valence-corrected chi connectivity index (χ0v) is 13.4. The number of aromatic nitrogens is 6. The van der Waals surface area contributed by atoms with E-state index in [9.17, 15) is 0 Å². The van der Waals surface area contributed by atoms with Gasteiger partial charge in [0.1, 0.15) is 5.69 Å². The summed E-state index contributed by atoms with van der Waals surface area (Å²) in [4.78, 5) is 2.38. The second-order valence-corrected chi connectivity index (χ2v) is 6.81. The molecule has 8 nitrogen and oxygen atoms in total. The van der Waals surface area contributed by atoms with Gasteiger partial charge >= 0.3 is 0 Å². The van der Waals surface area contributed by atoms with Crippen molar-refractivity contribution in [3.8, 4) is 0 Å². The summed E-state index contributed by atoms with van der Waals surface area (Å²) in [7, 11) is 0. The second-order valence-electron chi connectivity index (χ2n) is 6.81. The van der Waals surface area contributed by atoms with Gasteiger partial charge in [0, 0.05) is 18.4 Å². The Morgan fingerprint density at radius 1 is 1.04 bits per heavy atom. The van der Waals surface area contributed by atoms with Gasteiger partial charge in [0.05, 0.1) is 11.9 Å². The first-order valence-corrected chi connectivity index (χ1v) is 8.58. The molecule has 0 amide bonds. The Morgan fingerprint density at radius 2 is 1.92 bits per heavy atom. The monoisotopic (exact) mass is 325 g/mol. The first kappa shape index (κ1) is 14.0. The summed E-state index contributed by atoms with van der Waals surface area (Å²) < 4.78 is 6.63. The van der Waals surface area contributed by atoms with E-state index in [0.717, 1.165) is 49.6 Å². The fourth-order valence-corrected chi connectivity index (χ4v) is 3.50. The molecule has 24 heavy (non-hydrogen) atoms. The number of fused-ring (bicyclic) bond motifs is 1. The van der Waals surface area contributed by atoms with Crippen LogP contribution in [0, 0.1) is 0 Å². The normalized spacial score (nSPS) is 20.0. The molecule has 1 saturated heterocycles. The molecule has 2 fully saturated rings. The zero-order chi connectivity index (χ0) is 15.9. The van der Waals surface area contributed by atoms with Crippen molar-refractivity contribution in [3.63, 3.8) is 0 Å². The van der Waals surface area contributed by atoms with E-state index in [0.29, 0.717) is 11.8 Å². The third kappa shape index (κ3) is 2.56. The van der Waals surface area contributed by atoms with Crippen molar-refractivity contribution >= 4 is 5.65 Å². The van der Waals surface area contributed by atoms with Crippen molar-refractivity contribution in [2.24, 2.45) is 0 Å². The van der Waals surface area contributed by atoms with Crippen LogP contribution in [0.2, 0.25) is 0 Å². The van der Waals surface area contributed by atoms with Crippen molar-refractivity contribution < 1.29 is 4.63 Å². The Bertz CT molecular complexity index is 831. The molecule has 0 N–H and O–H groups in total. The minimum absolute atomic E-state index is 0.411. The van der Waals surface area contributed by atoms with Crippen LogP contribution in [0.1, 0.15) is 54.7 Å². The summed E-state index contributed by atoms with van der Waals surface area (Å²) in [5, 5.41) is 21.1. The van der Waals surface area contributed by atoms with E-state index in [1.165, 1.54) is 18.5 Å². The predicted molar refractivity (Wildman–Crippen MR) is 84.3 cm³/mol. The maximum Gasteiger partial charge on any atom is 0.177 e. The molecule has 0 aromatic carbocycles. The van der Waals surface area contributed by atoms with Gasteiger partial charge in [0.2, 0.25) is 0 Å². The maximum atomic E-state index is 4.80. The van der Waals surface area contributed by atoms with E-state index in [4.69, 9.17) is 5.10 Å². The van der Waals surface area contributed by atoms with E-state index in [2.05, 4.69) is 36.1 Å². The van der Waals surface area contributed by atoms with Crippen LogP contribution in [0.15, 0.2) is 23.0 Å². The Hall–Kier alpha value is -2.35. The lowest BCUT2D eigenvalue weighted by molar-refractivity contribution is 0.194. The average Bonchev–Trinajstić information content (AvgIpc) is 3.18. The van der Waals surface area contributed by atoms with Crippen LogP contribution in [-0.4, -0.2) is 48.1 Å². The number of nitrogens with zero attached hydrogens (tertiary/aromatic N) is 7. The highest BCUT2D eigenvalue weighted by Crippen LogP contribution is 2.39. The minimum atomic E-state index is 0.411. The van der Waals surface area contributed by atoms with E-state index in [1.807, 2.05) is 10.6 Å². The molecular formula is C16H19N7O. The fraction of sp³-hybridized carbons (Fsp3) is 0.562. The predicted octanol–water partition coefficient (Wildman–Crippen LogP) is 1.76. The Balaban J connectivity index is 1.32. The molecule has 1 saturated carbocycles. The number of hydrogen-bond donors (Lipinski definition) is 0. The van der Waals surface area contributed by atoms with Crippen LogP contribution in [-0.2, 0) is 6.54 Å². The zero-order valence-electron chi connectivity index (χ0n) is 13.4. The van der Waals surface area contributed by atoms with Gasteiger partial charge in [-0.25, -0.2) is 4.63 Å². The van der Waals surface area contributed by atoms with E-state index in [-0.39, 0.29) is 0 Å². The Morgan fingerprint density at radius 3 is 2.67 bits per heavy atom. The quantitative estimate of drug-likeness (QED) is 0.722. The van der Waals surface area contributed by atoms with Crippen LogP contribution in [0.3, 0.4) is 0 Å². The van der Waals surface area contributed by atoms with Gasteiger partial charge < -0.3 is 0 Å². The molecule has 4 heterocycles. The molecule has 0 spiro atoms. The largest absolute Gasteiger partial charge is 0.297 e. The highest BCUT2D eigenvalue weighted by Gasteiger charge is 2.28. The third-order valence-corrected chi connectivity index (χ3v) is 5.05. The van der Waals surface area contributed by atoms with Crippen LogP contribution >= 0.6 is 0 Å². The molecule has 5 rings (SSSR count). The van der Waals surface area contributed by atoms with Gasteiger partial charge in [0.15, 0.2) is 11.5 Å². The standard InChI is InChI=1S/C16H19N7O/c1-2-11(1)14-3-4-15-18-19-16(23(15)20-14)12-5-7-22(8-6-12)10-13-9-17-24-21-13/h3-4,9,11-12H,1-2,5-8,10H2. The Labute approximate surface area is 138 Å². The molecule has 3 aromatic rings. The Kier molecular flexibility index (Phi) is 3.29. The number of piperidine rings is 1.